The van der Waals surface area contributed by atoms with Crippen LogP contribution in [-0.4, -0.2) is 55.7 Å². The fourth-order valence-corrected chi connectivity index (χ4v) is 2.94. The molecule has 0 N–H and O–H groups in total. The number of carbonyl (C=O) groups is 1. The zero-order valence-corrected chi connectivity index (χ0v) is 16.1. The van der Waals surface area contributed by atoms with Crippen LogP contribution in [0.4, 0.5) is 0 Å². The summed E-state index contributed by atoms with van der Waals surface area (Å²) in [6.07, 6.45) is 3.70. The van der Waals surface area contributed by atoms with E-state index in [1.165, 1.54) is 0 Å². The van der Waals surface area contributed by atoms with Crippen molar-refractivity contribution in [1.82, 2.24) is 9.80 Å². The molecule has 1 amide bonds. The summed E-state index contributed by atoms with van der Waals surface area (Å²) in [6, 6.07) is 3.60. The molecule has 25 heavy (non-hydrogen) atoms. The van der Waals surface area contributed by atoms with Crippen molar-refractivity contribution in [3.63, 3.8) is 0 Å². The van der Waals surface area contributed by atoms with E-state index in [-0.39, 0.29) is 5.91 Å². The first-order chi connectivity index (χ1) is 12.0. The van der Waals surface area contributed by atoms with E-state index in [9.17, 15) is 4.79 Å². The van der Waals surface area contributed by atoms with Crippen molar-refractivity contribution in [1.29, 1.82) is 0 Å². The van der Waals surface area contributed by atoms with Gasteiger partial charge in [-0.15, -0.1) is 0 Å². The van der Waals surface area contributed by atoms with Gasteiger partial charge in [0.05, 0.1) is 21.3 Å². The lowest BCUT2D eigenvalue weighted by Crippen LogP contribution is -2.32. The lowest BCUT2D eigenvalue weighted by atomic mass is 10.1. The van der Waals surface area contributed by atoms with E-state index in [0.29, 0.717) is 34.6 Å². The Hall–Kier alpha value is -2.28. The number of thiocarbonyl (C=S) groups is 1. The predicted octanol–water partition coefficient (Wildman–Crippen LogP) is 2.91. The fraction of sp³-hybridized carbons (Fsp3) is 0.444. The highest BCUT2D eigenvalue weighted by atomic mass is 32.1. The van der Waals surface area contributed by atoms with Crippen LogP contribution < -0.4 is 14.2 Å². The average molecular weight is 364 g/mol. The first-order valence-electron chi connectivity index (χ1n) is 8.09. The number of hydrogen-bond acceptors (Lipinski definition) is 5. The molecule has 1 aromatic carbocycles. The predicted molar refractivity (Wildman–Crippen MR) is 101 cm³/mol. The molecule has 0 saturated carbocycles. The summed E-state index contributed by atoms with van der Waals surface area (Å²) in [7, 11) is 6.47. The van der Waals surface area contributed by atoms with Crippen LogP contribution in [0.5, 0.6) is 17.2 Å². The number of unbranched alkanes of at least 4 members (excludes halogenated alkanes) is 1. The Morgan fingerprint density at radius 1 is 1.12 bits per heavy atom. The number of ether oxygens (including phenoxy) is 3. The van der Waals surface area contributed by atoms with Crippen molar-refractivity contribution in [2.45, 2.75) is 19.8 Å². The lowest BCUT2D eigenvalue weighted by Gasteiger charge is -2.15. The van der Waals surface area contributed by atoms with Crippen LogP contribution in [0.1, 0.15) is 25.3 Å². The monoisotopic (exact) mass is 364 g/mol. The Bertz CT molecular complexity index is 677. The molecular weight excluding hydrogens is 340 g/mol. The Kier molecular flexibility index (Phi) is 6.25. The molecule has 0 atom stereocenters. The maximum atomic E-state index is 12.7. The van der Waals surface area contributed by atoms with Gasteiger partial charge in [0.2, 0.25) is 5.75 Å². The summed E-state index contributed by atoms with van der Waals surface area (Å²) in [6.45, 7) is 2.71. The minimum atomic E-state index is -0.0882. The number of rotatable bonds is 7. The second-order valence-corrected chi connectivity index (χ2v) is 6.01. The summed E-state index contributed by atoms with van der Waals surface area (Å²) in [5.74, 6) is 1.49. The maximum Gasteiger partial charge on any atom is 0.276 e. The molecule has 1 fully saturated rings. The molecular formula is C18H24N2O4S. The topological polar surface area (TPSA) is 51.2 Å². The van der Waals surface area contributed by atoms with Gasteiger partial charge in [-0.3, -0.25) is 9.69 Å². The summed E-state index contributed by atoms with van der Waals surface area (Å²) in [5, 5.41) is 0.525. The Morgan fingerprint density at radius 2 is 1.72 bits per heavy atom. The smallest absolute Gasteiger partial charge is 0.276 e. The molecule has 1 heterocycles. The van der Waals surface area contributed by atoms with Gasteiger partial charge in [0.15, 0.2) is 16.6 Å². The van der Waals surface area contributed by atoms with Crippen LogP contribution in [0, 0.1) is 0 Å². The molecule has 0 aliphatic carbocycles. The first kappa shape index (κ1) is 19.1. The van der Waals surface area contributed by atoms with Gasteiger partial charge in [0.25, 0.3) is 5.91 Å². The highest BCUT2D eigenvalue weighted by Crippen LogP contribution is 2.39. The van der Waals surface area contributed by atoms with E-state index in [1.807, 2.05) is 0 Å². The number of carbonyl (C=O) groups excluding carboxylic acids is 1. The minimum Gasteiger partial charge on any atom is -0.493 e. The van der Waals surface area contributed by atoms with Gasteiger partial charge in [0.1, 0.15) is 5.70 Å². The van der Waals surface area contributed by atoms with Gasteiger partial charge in [-0.2, -0.15) is 0 Å². The van der Waals surface area contributed by atoms with Gasteiger partial charge in [0, 0.05) is 13.6 Å². The van der Waals surface area contributed by atoms with Crippen molar-refractivity contribution < 1.29 is 19.0 Å². The van der Waals surface area contributed by atoms with Gasteiger partial charge < -0.3 is 19.1 Å². The number of likely N-dealkylation sites (N-methyl/N-ethyl adjacent to an activating group) is 1. The van der Waals surface area contributed by atoms with E-state index in [4.69, 9.17) is 26.4 Å². The van der Waals surface area contributed by atoms with Crippen LogP contribution in [0.3, 0.4) is 0 Å². The van der Waals surface area contributed by atoms with Gasteiger partial charge in [-0.1, -0.05) is 13.3 Å². The molecule has 0 radical (unpaired) electrons. The third kappa shape index (κ3) is 3.71. The van der Waals surface area contributed by atoms with Crippen LogP contribution in [0.2, 0.25) is 0 Å². The zero-order chi connectivity index (χ0) is 18.6. The molecule has 2 rings (SSSR count). The van der Waals surface area contributed by atoms with Crippen molar-refractivity contribution >= 4 is 29.3 Å². The number of nitrogens with zero attached hydrogens (tertiary/aromatic N) is 2. The second-order valence-electron chi connectivity index (χ2n) is 5.64. The Morgan fingerprint density at radius 3 is 2.20 bits per heavy atom. The number of benzene rings is 1. The van der Waals surface area contributed by atoms with Crippen LogP contribution in [-0.2, 0) is 4.79 Å². The summed E-state index contributed by atoms with van der Waals surface area (Å²) in [4.78, 5) is 16.1. The molecule has 6 nitrogen and oxygen atoms in total. The highest BCUT2D eigenvalue weighted by Gasteiger charge is 2.35. The number of amides is 1. The summed E-state index contributed by atoms with van der Waals surface area (Å²) >= 11 is 5.40. The molecule has 1 saturated heterocycles. The second kappa shape index (κ2) is 8.20. The Labute approximate surface area is 153 Å². The van der Waals surface area contributed by atoms with Crippen LogP contribution >= 0.6 is 12.2 Å². The molecule has 0 spiro atoms. The fourth-order valence-electron chi connectivity index (χ4n) is 2.67. The molecule has 7 heteroatoms. The van der Waals surface area contributed by atoms with E-state index < -0.39 is 0 Å². The van der Waals surface area contributed by atoms with Gasteiger partial charge >= 0.3 is 0 Å². The average Bonchev–Trinajstić information content (AvgIpc) is 2.82. The molecule has 136 valence electrons. The lowest BCUT2D eigenvalue weighted by molar-refractivity contribution is -0.122. The number of hydrogen-bond donors (Lipinski definition) is 0. The van der Waals surface area contributed by atoms with E-state index in [1.54, 1.807) is 56.4 Å². The molecule has 1 aliphatic rings. The van der Waals surface area contributed by atoms with Crippen molar-refractivity contribution in [2.75, 3.05) is 34.9 Å². The van der Waals surface area contributed by atoms with E-state index in [0.717, 1.165) is 18.4 Å². The summed E-state index contributed by atoms with van der Waals surface area (Å²) in [5.41, 5.74) is 1.29. The zero-order valence-electron chi connectivity index (χ0n) is 15.3. The standard InChI is InChI=1S/C18H24N2O4S/c1-6-7-8-20-17(21)13(19(2)18(20)25)9-12-10-14(22-3)16(24-5)15(11-12)23-4/h9-11H,6-8H2,1-5H3/b13-9+. The van der Waals surface area contributed by atoms with Gasteiger partial charge in [-0.05, 0) is 42.4 Å². The molecule has 1 aromatic rings. The van der Waals surface area contributed by atoms with Crippen molar-refractivity contribution in [3.05, 3.63) is 23.4 Å². The van der Waals surface area contributed by atoms with E-state index >= 15 is 0 Å². The van der Waals surface area contributed by atoms with Crippen molar-refractivity contribution in [2.24, 2.45) is 0 Å². The first-order valence-corrected chi connectivity index (χ1v) is 8.50. The molecule has 0 bridgehead atoms. The van der Waals surface area contributed by atoms with Crippen LogP contribution in [0.15, 0.2) is 17.8 Å². The van der Waals surface area contributed by atoms with Gasteiger partial charge in [-0.25, -0.2) is 0 Å². The third-order valence-electron chi connectivity index (χ3n) is 4.07. The van der Waals surface area contributed by atoms with Crippen molar-refractivity contribution in [3.8, 4) is 17.2 Å². The molecule has 1 aliphatic heterocycles. The highest BCUT2D eigenvalue weighted by molar-refractivity contribution is 7.80. The third-order valence-corrected chi connectivity index (χ3v) is 4.56. The Balaban J connectivity index is 2.42. The van der Waals surface area contributed by atoms with Crippen LogP contribution in [0.25, 0.3) is 6.08 Å². The quantitative estimate of drug-likeness (QED) is 0.548. The maximum absolute atomic E-state index is 12.7. The SMILES string of the molecule is CCCCN1C(=O)/C(=C\c2cc(OC)c(OC)c(OC)c2)N(C)C1=S. The molecule has 0 aromatic heterocycles. The largest absolute Gasteiger partial charge is 0.493 e. The number of methoxy groups -OCH3 is 3. The summed E-state index contributed by atoms with van der Waals surface area (Å²) < 4.78 is 16.1. The van der Waals surface area contributed by atoms with E-state index in [2.05, 4.69) is 6.92 Å². The molecule has 0 unspecified atom stereocenters. The normalized spacial score (nSPS) is 16.0. The minimum absolute atomic E-state index is 0.0882.